The maximum Gasteiger partial charge on any atom is 0.135 e. The van der Waals surface area contributed by atoms with Crippen LogP contribution >= 0.6 is 0 Å². The fraction of sp³-hybridized carbons (Fsp3) is 1.00. The predicted octanol–water partition coefficient (Wildman–Crippen LogP) is 0.769. The molecule has 1 unspecified atom stereocenters. The highest BCUT2D eigenvalue weighted by molar-refractivity contribution is 4.87. The van der Waals surface area contributed by atoms with Crippen molar-refractivity contribution in [1.29, 1.82) is 0 Å². The van der Waals surface area contributed by atoms with Gasteiger partial charge in [0, 0.05) is 13.1 Å². The predicted molar refractivity (Wildman–Crippen MR) is 44.2 cm³/mol. The van der Waals surface area contributed by atoms with Gasteiger partial charge in [-0.15, -0.1) is 0 Å². The van der Waals surface area contributed by atoms with Crippen molar-refractivity contribution in [2.75, 3.05) is 26.2 Å². The van der Waals surface area contributed by atoms with Gasteiger partial charge in [0.2, 0.25) is 0 Å². The number of hydrogen-bond acceptors (Lipinski definition) is 2. The number of nitrogens with two attached hydrogens (primary N) is 1. The minimum absolute atomic E-state index is 0.170. The lowest BCUT2D eigenvalue weighted by molar-refractivity contribution is 0.0552. The number of nitrogens with zero attached hydrogens (tertiary/aromatic N) is 1. The molecule has 2 nitrogen and oxygen atoms in total. The average Bonchev–Trinajstić information content (AvgIpc) is 2.05. The van der Waals surface area contributed by atoms with E-state index in [1.807, 2.05) is 0 Å². The smallest absolute Gasteiger partial charge is 0.135 e. The van der Waals surface area contributed by atoms with Gasteiger partial charge in [-0.05, 0) is 25.9 Å². The Kier molecular flexibility index (Phi) is 2.84. The lowest BCUT2D eigenvalue weighted by atomic mass is 9.95. The third-order valence-corrected chi connectivity index (χ3v) is 2.42. The number of alkyl halides is 1. The lowest BCUT2D eigenvalue weighted by Crippen LogP contribution is -2.49. The molecule has 1 rings (SSSR count). The van der Waals surface area contributed by atoms with Gasteiger partial charge in [0.05, 0.1) is 0 Å². The van der Waals surface area contributed by atoms with Crippen molar-refractivity contribution in [3.05, 3.63) is 0 Å². The average molecular weight is 160 g/mol. The van der Waals surface area contributed by atoms with E-state index in [2.05, 4.69) is 11.8 Å². The van der Waals surface area contributed by atoms with Crippen LogP contribution in [-0.2, 0) is 0 Å². The summed E-state index contributed by atoms with van der Waals surface area (Å²) in [6, 6.07) is 0. The molecule has 0 radical (unpaired) electrons. The summed E-state index contributed by atoms with van der Waals surface area (Å²) in [5.41, 5.74) is 4.25. The maximum atomic E-state index is 13.6. The third kappa shape index (κ3) is 2.14. The van der Waals surface area contributed by atoms with E-state index in [-0.39, 0.29) is 6.54 Å². The molecule has 0 saturated carbocycles. The Bertz CT molecular complexity index is 129. The molecule has 0 spiro atoms. The lowest BCUT2D eigenvalue weighted by Gasteiger charge is -2.35. The van der Waals surface area contributed by atoms with Gasteiger partial charge in [-0.1, -0.05) is 6.92 Å². The Balaban J connectivity index is 2.44. The van der Waals surface area contributed by atoms with Crippen LogP contribution in [-0.4, -0.2) is 36.7 Å². The summed E-state index contributed by atoms with van der Waals surface area (Å²) in [5.74, 6) is 0. The van der Waals surface area contributed by atoms with E-state index in [9.17, 15) is 4.39 Å². The molecule has 0 aliphatic carbocycles. The maximum absolute atomic E-state index is 13.6. The van der Waals surface area contributed by atoms with E-state index in [1.54, 1.807) is 0 Å². The first-order valence-electron chi connectivity index (χ1n) is 4.31. The molecule has 1 saturated heterocycles. The molecule has 0 aromatic rings. The molecule has 0 aromatic carbocycles. The summed E-state index contributed by atoms with van der Waals surface area (Å²) in [5, 5.41) is 0. The van der Waals surface area contributed by atoms with Gasteiger partial charge < -0.3 is 10.6 Å². The highest BCUT2D eigenvalue weighted by Gasteiger charge is 2.33. The molecule has 0 bridgehead atoms. The fourth-order valence-electron chi connectivity index (χ4n) is 1.61. The van der Waals surface area contributed by atoms with Gasteiger partial charge in [-0.25, -0.2) is 4.39 Å². The van der Waals surface area contributed by atoms with Crippen molar-refractivity contribution in [3.8, 4) is 0 Å². The van der Waals surface area contributed by atoms with Crippen LogP contribution in [0.1, 0.15) is 19.8 Å². The largest absolute Gasteiger partial charge is 0.327 e. The molecule has 0 amide bonds. The van der Waals surface area contributed by atoms with Gasteiger partial charge >= 0.3 is 0 Å². The zero-order valence-corrected chi connectivity index (χ0v) is 7.15. The highest BCUT2D eigenvalue weighted by Crippen LogP contribution is 2.23. The second-order valence-corrected chi connectivity index (χ2v) is 3.33. The molecule has 1 aliphatic rings. The Hall–Kier alpha value is -0.150. The summed E-state index contributed by atoms with van der Waals surface area (Å²) >= 11 is 0. The summed E-state index contributed by atoms with van der Waals surface area (Å²) in [4.78, 5) is 2.12. The van der Waals surface area contributed by atoms with Crippen molar-refractivity contribution in [1.82, 2.24) is 4.90 Å². The molecule has 1 fully saturated rings. The highest BCUT2D eigenvalue weighted by atomic mass is 19.1. The number of piperidine rings is 1. The Morgan fingerprint density at radius 2 is 2.36 bits per heavy atom. The monoisotopic (exact) mass is 160 g/mol. The molecular weight excluding hydrogens is 143 g/mol. The first kappa shape index (κ1) is 8.94. The van der Waals surface area contributed by atoms with Crippen LogP contribution in [0.3, 0.4) is 0 Å². The number of likely N-dealkylation sites (tertiary alicyclic amines) is 1. The Morgan fingerprint density at radius 1 is 1.64 bits per heavy atom. The third-order valence-electron chi connectivity index (χ3n) is 2.42. The van der Waals surface area contributed by atoms with Gasteiger partial charge in [0.25, 0.3) is 0 Å². The van der Waals surface area contributed by atoms with Crippen LogP contribution in [0, 0.1) is 0 Å². The normalized spacial score (nSPS) is 34.1. The van der Waals surface area contributed by atoms with Crippen LogP contribution in [0.2, 0.25) is 0 Å². The standard InChI is InChI=1S/C8H17FN2/c1-2-11-5-3-4-8(9,6-10)7-11/h2-7,10H2,1H3. The summed E-state index contributed by atoms with van der Waals surface area (Å²) in [6.45, 7) is 4.72. The van der Waals surface area contributed by atoms with Gasteiger partial charge in [0.1, 0.15) is 5.67 Å². The Labute approximate surface area is 67.6 Å². The van der Waals surface area contributed by atoms with Crippen LogP contribution in [0.5, 0.6) is 0 Å². The fourth-order valence-corrected chi connectivity index (χ4v) is 1.61. The molecule has 0 aromatic heterocycles. The molecule has 1 heterocycles. The second-order valence-electron chi connectivity index (χ2n) is 3.33. The minimum atomic E-state index is -1.10. The van der Waals surface area contributed by atoms with Crippen molar-refractivity contribution in [3.63, 3.8) is 0 Å². The zero-order valence-electron chi connectivity index (χ0n) is 7.15. The van der Waals surface area contributed by atoms with Crippen LogP contribution in [0.15, 0.2) is 0 Å². The van der Waals surface area contributed by atoms with Crippen LogP contribution in [0.4, 0.5) is 4.39 Å². The molecular formula is C8H17FN2. The van der Waals surface area contributed by atoms with Crippen molar-refractivity contribution in [2.45, 2.75) is 25.4 Å². The molecule has 1 atom stereocenters. The van der Waals surface area contributed by atoms with E-state index in [1.165, 1.54) is 0 Å². The van der Waals surface area contributed by atoms with E-state index >= 15 is 0 Å². The number of hydrogen-bond donors (Lipinski definition) is 1. The molecule has 2 N–H and O–H groups in total. The van der Waals surface area contributed by atoms with E-state index in [0.29, 0.717) is 13.0 Å². The van der Waals surface area contributed by atoms with Crippen molar-refractivity contribution >= 4 is 0 Å². The first-order valence-corrected chi connectivity index (χ1v) is 4.31. The van der Waals surface area contributed by atoms with Crippen molar-refractivity contribution < 1.29 is 4.39 Å². The second kappa shape index (κ2) is 3.50. The molecule has 3 heteroatoms. The summed E-state index contributed by atoms with van der Waals surface area (Å²) < 4.78 is 13.6. The van der Waals surface area contributed by atoms with Crippen LogP contribution in [0.25, 0.3) is 0 Å². The van der Waals surface area contributed by atoms with E-state index in [0.717, 1.165) is 19.5 Å². The SMILES string of the molecule is CCN1CCCC(F)(CN)C1. The van der Waals surface area contributed by atoms with Gasteiger partial charge in [-0.3, -0.25) is 0 Å². The molecule has 11 heavy (non-hydrogen) atoms. The first-order chi connectivity index (χ1) is 5.20. The number of halogens is 1. The minimum Gasteiger partial charge on any atom is -0.327 e. The van der Waals surface area contributed by atoms with E-state index < -0.39 is 5.67 Å². The summed E-state index contributed by atoms with van der Waals surface area (Å²) in [6.07, 6.45) is 1.58. The van der Waals surface area contributed by atoms with E-state index in [4.69, 9.17) is 5.73 Å². The Morgan fingerprint density at radius 3 is 2.91 bits per heavy atom. The van der Waals surface area contributed by atoms with Crippen molar-refractivity contribution in [2.24, 2.45) is 5.73 Å². The summed E-state index contributed by atoms with van der Waals surface area (Å²) in [7, 11) is 0. The van der Waals surface area contributed by atoms with Crippen LogP contribution < -0.4 is 5.73 Å². The topological polar surface area (TPSA) is 29.3 Å². The zero-order chi connectivity index (χ0) is 8.32. The molecule has 1 aliphatic heterocycles. The quantitative estimate of drug-likeness (QED) is 0.646. The molecule has 66 valence electrons. The van der Waals surface area contributed by atoms with Gasteiger partial charge in [-0.2, -0.15) is 0 Å². The number of rotatable bonds is 2. The van der Waals surface area contributed by atoms with Gasteiger partial charge in [0.15, 0.2) is 0 Å².